The zero-order valence-electron chi connectivity index (χ0n) is 13.7. The molecule has 2 N–H and O–H groups in total. The third-order valence-corrected chi connectivity index (χ3v) is 3.89. The maximum Gasteiger partial charge on any atom is 0.302 e. The zero-order chi connectivity index (χ0) is 18.0. The molecule has 1 aromatic heterocycles. The minimum Gasteiger partial charge on any atom is -0.493 e. The molecule has 0 fully saturated rings. The molecule has 128 valence electrons. The quantitative estimate of drug-likeness (QED) is 0.655. The van der Waals surface area contributed by atoms with E-state index in [0.29, 0.717) is 16.2 Å². The monoisotopic (exact) mass is 357 g/mol. The van der Waals surface area contributed by atoms with Crippen molar-refractivity contribution < 1.29 is 14.6 Å². The van der Waals surface area contributed by atoms with Crippen LogP contribution in [0.25, 0.3) is 10.9 Å². The number of carbonyl (C=O) groups excluding carboxylic acids is 1. The maximum atomic E-state index is 11.9. The molecule has 3 rings (SSSR count). The van der Waals surface area contributed by atoms with Crippen molar-refractivity contribution in [2.45, 2.75) is 13.8 Å². The second kappa shape index (κ2) is 6.94. The number of nitrogens with one attached hydrogen (secondary N) is 1. The van der Waals surface area contributed by atoms with E-state index in [-0.39, 0.29) is 18.2 Å². The fourth-order valence-electron chi connectivity index (χ4n) is 2.43. The predicted molar refractivity (Wildman–Crippen MR) is 95.9 cm³/mol. The molecule has 1 amide bonds. The molecular formula is C18H16ClN3O3. The number of amides is 1. The summed E-state index contributed by atoms with van der Waals surface area (Å²) in [7, 11) is 0. The van der Waals surface area contributed by atoms with E-state index in [4.69, 9.17) is 16.3 Å². The SMILES string of the molecule is Cc1ccc2[nH]c(O)c(N=NC(=O)COc3ccc(Cl)cc3C)c2c1. The van der Waals surface area contributed by atoms with Gasteiger partial charge in [-0.15, -0.1) is 10.2 Å². The molecule has 0 unspecified atom stereocenters. The Labute approximate surface area is 149 Å². The highest BCUT2D eigenvalue weighted by Gasteiger charge is 2.11. The van der Waals surface area contributed by atoms with Gasteiger partial charge >= 0.3 is 5.91 Å². The minimum atomic E-state index is -0.559. The fourth-order valence-corrected chi connectivity index (χ4v) is 2.65. The molecule has 7 heteroatoms. The lowest BCUT2D eigenvalue weighted by Crippen LogP contribution is -2.08. The molecule has 0 saturated carbocycles. The van der Waals surface area contributed by atoms with Gasteiger partial charge < -0.3 is 14.8 Å². The standard InChI is InChI=1S/C18H16ClN3O3/c1-10-3-5-14-13(7-10)17(18(24)20-14)22-21-16(23)9-25-15-6-4-12(19)8-11(15)2/h3-8,20,24H,9H2,1-2H3. The number of benzene rings is 2. The highest BCUT2D eigenvalue weighted by molar-refractivity contribution is 6.30. The third kappa shape index (κ3) is 3.80. The van der Waals surface area contributed by atoms with E-state index in [9.17, 15) is 9.90 Å². The van der Waals surface area contributed by atoms with Crippen molar-refractivity contribution >= 4 is 34.1 Å². The van der Waals surface area contributed by atoms with Crippen molar-refractivity contribution in [1.29, 1.82) is 0 Å². The summed E-state index contributed by atoms with van der Waals surface area (Å²) in [5.74, 6) is -0.138. The van der Waals surface area contributed by atoms with Gasteiger partial charge in [-0.1, -0.05) is 23.2 Å². The number of nitrogens with zero attached hydrogens (tertiary/aromatic N) is 2. The van der Waals surface area contributed by atoms with Crippen LogP contribution in [0.5, 0.6) is 11.6 Å². The Morgan fingerprint density at radius 1 is 1.24 bits per heavy atom. The van der Waals surface area contributed by atoms with Crippen LogP contribution in [0, 0.1) is 13.8 Å². The number of aryl methyl sites for hydroxylation is 2. The van der Waals surface area contributed by atoms with E-state index in [2.05, 4.69) is 15.2 Å². The summed E-state index contributed by atoms with van der Waals surface area (Å²) in [6.45, 7) is 3.51. The number of halogens is 1. The van der Waals surface area contributed by atoms with Crippen molar-refractivity contribution in [3.63, 3.8) is 0 Å². The largest absolute Gasteiger partial charge is 0.493 e. The summed E-state index contributed by atoms with van der Waals surface area (Å²) in [6.07, 6.45) is 0. The van der Waals surface area contributed by atoms with Gasteiger partial charge in [-0.25, -0.2) is 0 Å². The van der Waals surface area contributed by atoms with Crippen molar-refractivity contribution in [1.82, 2.24) is 4.98 Å². The van der Waals surface area contributed by atoms with Crippen LogP contribution in [-0.4, -0.2) is 22.6 Å². The second-order valence-electron chi connectivity index (χ2n) is 5.66. The highest BCUT2D eigenvalue weighted by Crippen LogP contribution is 2.35. The minimum absolute atomic E-state index is 0.133. The topological polar surface area (TPSA) is 87.0 Å². The first-order chi connectivity index (χ1) is 11.9. The van der Waals surface area contributed by atoms with Gasteiger partial charge in [0.05, 0.1) is 5.52 Å². The summed E-state index contributed by atoms with van der Waals surface area (Å²) < 4.78 is 5.43. The van der Waals surface area contributed by atoms with Crippen LogP contribution in [0.3, 0.4) is 0 Å². The Hall–Kier alpha value is -2.86. The fraction of sp³-hybridized carbons (Fsp3) is 0.167. The van der Waals surface area contributed by atoms with Gasteiger partial charge in [-0.2, -0.15) is 0 Å². The van der Waals surface area contributed by atoms with Crippen LogP contribution in [0.15, 0.2) is 46.6 Å². The van der Waals surface area contributed by atoms with Crippen LogP contribution in [0.2, 0.25) is 5.02 Å². The number of aromatic hydroxyl groups is 1. The first-order valence-corrected chi connectivity index (χ1v) is 7.96. The summed E-state index contributed by atoms with van der Waals surface area (Å²) in [5.41, 5.74) is 2.78. The van der Waals surface area contributed by atoms with Gasteiger partial charge in [-0.3, -0.25) is 4.79 Å². The summed E-state index contributed by atoms with van der Waals surface area (Å²) in [4.78, 5) is 14.7. The average molecular weight is 358 g/mol. The number of azo groups is 1. The Morgan fingerprint density at radius 2 is 2.04 bits per heavy atom. The number of aromatic nitrogens is 1. The van der Waals surface area contributed by atoms with Gasteiger partial charge in [0.15, 0.2) is 12.3 Å². The molecule has 25 heavy (non-hydrogen) atoms. The molecule has 6 nitrogen and oxygen atoms in total. The molecule has 0 bridgehead atoms. The first-order valence-electron chi connectivity index (χ1n) is 7.59. The third-order valence-electron chi connectivity index (χ3n) is 3.66. The number of rotatable bonds is 4. The van der Waals surface area contributed by atoms with Gasteiger partial charge in [-0.05, 0) is 49.7 Å². The van der Waals surface area contributed by atoms with Gasteiger partial charge in [0, 0.05) is 10.4 Å². The smallest absolute Gasteiger partial charge is 0.302 e. The number of carbonyl (C=O) groups is 1. The molecule has 2 aromatic carbocycles. The van der Waals surface area contributed by atoms with Crippen LogP contribution in [0.4, 0.5) is 5.69 Å². The van der Waals surface area contributed by atoms with Gasteiger partial charge in [0.25, 0.3) is 0 Å². The molecular weight excluding hydrogens is 342 g/mol. The molecule has 0 radical (unpaired) electrons. The summed E-state index contributed by atoms with van der Waals surface area (Å²) >= 11 is 5.88. The van der Waals surface area contributed by atoms with E-state index in [1.54, 1.807) is 18.2 Å². The van der Waals surface area contributed by atoms with E-state index in [1.165, 1.54) is 0 Å². The van der Waals surface area contributed by atoms with E-state index < -0.39 is 5.91 Å². The Balaban J connectivity index is 1.72. The van der Waals surface area contributed by atoms with Crippen molar-refractivity contribution in [3.8, 4) is 11.6 Å². The molecule has 0 saturated heterocycles. The van der Waals surface area contributed by atoms with Crippen molar-refractivity contribution in [2.24, 2.45) is 10.2 Å². The Morgan fingerprint density at radius 3 is 2.80 bits per heavy atom. The molecule has 0 spiro atoms. The van der Waals surface area contributed by atoms with Crippen molar-refractivity contribution in [3.05, 3.63) is 52.5 Å². The van der Waals surface area contributed by atoms with E-state index in [0.717, 1.165) is 16.6 Å². The number of ether oxygens (including phenoxy) is 1. The lowest BCUT2D eigenvalue weighted by Gasteiger charge is -2.06. The Kier molecular flexibility index (Phi) is 4.72. The van der Waals surface area contributed by atoms with Crippen LogP contribution < -0.4 is 4.74 Å². The molecule has 0 atom stereocenters. The first kappa shape index (κ1) is 17.0. The zero-order valence-corrected chi connectivity index (χ0v) is 14.5. The second-order valence-corrected chi connectivity index (χ2v) is 6.10. The number of aromatic amines is 1. The van der Waals surface area contributed by atoms with Crippen LogP contribution >= 0.6 is 11.6 Å². The normalized spacial score (nSPS) is 11.3. The molecule has 0 aliphatic rings. The molecule has 0 aliphatic heterocycles. The van der Waals surface area contributed by atoms with Gasteiger partial charge in [0.1, 0.15) is 5.75 Å². The van der Waals surface area contributed by atoms with Gasteiger partial charge in [0.2, 0.25) is 5.88 Å². The van der Waals surface area contributed by atoms with Crippen LogP contribution in [0.1, 0.15) is 11.1 Å². The number of hydrogen-bond acceptors (Lipinski definition) is 4. The van der Waals surface area contributed by atoms with E-state index >= 15 is 0 Å². The number of hydrogen-bond donors (Lipinski definition) is 2. The van der Waals surface area contributed by atoms with Crippen LogP contribution in [-0.2, 0) is 4.79 Å². The number of H-pyrrole nitrogens is 1. The molecule has 1 heterocycles. The molecule has 3 aromatic rings. The predicted octanol–water partition coefficient (Wildman–Crippen LogP) is 4.83. The number of fused-ring (bicyclic) bond motifs is 1. The lowest BCUT2D eigenvalue weighted by atomic mass is 10.2. The Bertz CT molecular complexity index is 979. The highest BCUT2D eigenvalue weighted by atomic mass is 35.5. The van der Waals surface area contributed by atoms with Crippen molar-refractivity contribution in [2.75, 3.05) is 6.61 Å². The average Bonchev–Trinajstić information content (AvgIpc) is 2.87. The maximum absolute atomic E-state index is 11.9. The van der Waals surface area contributed by atoms with E-state index in [1.807, 2.05) is 32.0 Å². The summed E-state index contributed by atoms with van der Waals surface area (Å²) in [5, 5.41) is 18.7. The summed E-state index contributed by atoms with van der Waals surface area (Å²) in [6, 6.07) is 10.7. The lowest BCUT2D eigenvalue weighted by molar-refractivity contribution is -0.120. The molecule has 0 aliphatic carbocycles.